The first-order chi connectivity index (χ1) is 11.0. The van der Waals surface area contributed by atoms with Crippen LogP contribution in [-0.4, -0.2) is 43.2 Å². The topological polar surface area (TPSA) is 106 Å². The molecule has 23 heavy (non-hydrogen) atoms. The van der Waals surface area contributed by atoms with Gasteiger partial charge in [0.2, 0.25) is 0 Å². The van der Waals surface area contributed by atoms with Crippen molar-refractivity contribution in [1.29, 1.82) is 0 Å². The summed E-state index contributed by atoms with van der Waals surface area (Å²) in [6.45, 7) is 4.28. The van der Waals surface area contributed by atoms with Crippen LogP contribution in [0.3, 0.4) is 0 Å². The summed E-state index contributed by atoms with van der Waals surface area (Å²) in [6, 6.07) is 5.32. The first-order valence-corrected chi connectivity index (χ1v) is 7.19. The molecule has 1 aliphatic rings. The molecule has 0 N–H and O–H groups in total. The number of nitrogens with zero attached hydrogens (tertiary/aromatic N) is 2. The molecule has 3 rings (SSSR count). The molecule has 1 aliphatic heterocycles. The lowest BCUT2D eigenvalue weighted by Gasteiger charge is -2.29. The molecule has 0 unspecified atom stereocenters. The largest absolute Gasteiger partial charge is 0.545 e. The van der Waals surface area contributed by atoms with Gasteiger partial charge in [-0.3, -0.25) is 0 Å². The second kappa shape index (κ2) is 5.85. The van der Waals surface area contributed by atoms with Crippen LogP contribution in [0.1, 0.15) is 26.4 Å². The quantitative estimate of drug-likeness (QED) is 0.723. The van der Waals surface area contributed by atoms with Gasteiger partial charge in [-0.15, -0.1) is 0 Å². The third kappa shape index (κ3) is 2.70. The van der Waals surface area contributed by atoms with Gasteiger partial charge in [-0.2, -0.15) is 0 Å². The highest BCUT2D eigenvalue weighted by Gasteiger charge is 2.16. The molecule has 1 saturated heterocycles. The van der Waals surface area contributed by atoms with Gasteiger partial charge in [-0.05, 0) is 30.7 Å². The Hall–Kier alpha value is -2.67. The minimum absolute atomic E-state index is 0.310. The van der Waals surface area contributed by atoms with Crippen molar-refractivity contribution in [3.8, 4) is 0 Å². The fourth-order valence-corrected chi connectivity index (χ4v) is 2.83. The van der Waals surface area contributed by atoms with Crippen LogP contribution >= 0.6 is 0 Å². The number of hydrogen-bond donors (Lipinski definition) is 0. The second-order valence-corrected chi connectivity index (χ2v) is 5.34. The average Bonchev–Trinajstić information content (AvgIpc) is 2.54. The van der Waals surface area contributed by atoms with E-state index in [1.807, 2.05) is 12.1 Å². The summed E-state index contributed by atoms with van der Waals surface area (Å²) in [5.74, 6) is -3.21. The molecule has 0 amide bonds. The monoisotopic (exact) mass is 314 g/mol. The number of aryl methyl sites for hydroxylation is 1. The van der Waals surface area contributed by atoms with Crippen LogP contribution in [-0.2, 0) is 4.74 Å². The Balaban J connectivity index is 2.18. The zero-order valence-corrected chi connectivity index (χ0v) is 12.5. The number of ether oxygens (including phenoxy) is 1. The zero-order valence-electron chi connectivity index (χ0n) is 12.5. The van der Waals surface area contributed by atoms with Crippen molar-refractivity contribution in [3.63, 3.8) is 0 Å². The van der Waals surface area contributed by atoms with Crippen LogP contribution in [0.5, 0.6) is 0 Å². The standard InChI is InChI=1S/C16H16N2O5/c1-9-11-8-10(18-4-6-23-7-5-18)2-3-12(11)17-14(16(21)22)13(9)15(19)20/h2-3,8H,4-7H2,1H3,(H,19,20)(H,21,22)/p-2. The first-order valence-electron chi connectivity index (χ1n) is 7.19. The van der Waals surface area contributed by atoms with Crippen LogP contribution in [0.15, 0.2) is 18.2 Å². The number of benzene rings is 1. The molecule has 0 radical (unpaired) electrons. The number of hydrogen-bond acceptors (Lipinski definition) is 7. The third-order valence-corrected chi connectivity index (χ3v) is 4.00. The van der Waals surface area contributed by atoms with Crippen LogP contribution in [0, 0.1) is 6.92 Å². The van der Waals surface area contributed by atoms with Crippen LogP contribution < -0.4 is 15.1 Å². The third-order valence-electron chi connectivity index (χ3n) is 4.00. The summed E-state index contributed by atoms with van der Waals surface area (Å²) >= 11 is 0. The van der Waals surface area contributed by atoms with Crippen molar-refractivity contribution >= 4 is 28.5 Å². The number of rotatable bonds is 3. The van der Waals surface area contributed by atoms with E-state index >= 15 is 0 Å². The van der Waals surface area contributed by atoms with Gasteiger partial charge >= 0.3 is 0 Å². The molecule has 1 aromatic carbocycles. The van der Waals surface area contributed by atoms with Gasteiger partial charge in [-0.1, -0.05) is 0 Å². The van der Waals surface area contributed by atoms with Gasteiger partial charge in [-0.25, -0.2) is 4.98 Å². The number of aromatic carboxylic acids is 2. The van der Waals surface area contributed by atoms with Crippen molar-refractivity contribution in [2.24, 2.45) is 0 Å². The van der Waals surface area contributed by atoms with Gasteiger partial charge in [0.1, 0.15) is 0 Å². The van der Waals surface area contributed by atoms with Gasteiger partial charge in [0, 0.05) is 29.7 Å². The van der Waals surface area contributed by atoms with E-state index in [4.69, 9.17) is 4.74 Å². The molecule has 0 aliphatic carbocycles. The predicted octanol–water partition coefficient (Wildman–Crippen LogP) is -0.893. The number of carboxylic acids is 2. The Bertz CT molecular complexity index is 797. The number of fused-ring (bicyclic) bond motifs is 1. The minimum Gasteiger partial charge on any atom is -0.545 e. The number of carboxylic acid groups (broad SMARTS) is 2. The van der Waals surface area contributed by atoms with E-state index in [1.165, 1.54) is 0 Å². The molecule has 2 heterocycles. The van der Waals surface area contributed by atoms with Crippen LogP contribution in [0.2, 0.25) is 0 Å². The fraction of sp³-hybridized carbons (Fsp3) is 0.312. The lowest BCUT2D eigenvalue weighted by atomic mass is 10.0. The van der Waals surface area contributed by atoms with Crippen LogP contribution in [0.4, 0.5) is 5.69 Å². The molecule has 0 saturated carbocycles. The number of carbonyl (C=O) groups excluding carboxylic acids is 2. The summed E-state index contributed by atoms with van der Waals surface area (Å²) < 4.78 is 5.31. The van der Waals surface area contributed by atoms with Gasteiger partial charge in [0.15, 0.2) is 0 Å². The maximum absolute atomic E-state index is 11.3. The normalized spacial score (nSPS) is 14.9. The molecule has 7 nitrogen and oxygen atoms in total. The van der Waals surface area contributed by atoms with Gasteiger partial charge in [0.05, 0.1) is 36.4 Å². The summed E-state index contributed by atoms with van der Waals surface area (Å²) in [5, 5.41) is 23.0. The van der Waals surface area contributed by atoms with Crippen molar-refractivity contribution in [3.05, 3.63) is 35.0 Å². The number of pyridine rings is 1. The average molecular weight is 314 g/mol. The van der Waals surface area contributed by atoms with Gasteiger partial charge in [0.25, 0.3) is 0 Å². The molecule has 0 bridgehead atoms. The Morgan fingerprint density at radius 3 is 2.48 bits per heavy atom. The van der Waals surface area contributed by atoms with Crippen molar-refractivity contribution in [2.75, 3.05) is 31.2 Å². The Morgan fingerprint density at radius 1 is 1.17 bits per heavy atom. The summed E-state index contributed by atoms with van der Waals surface area (Å²) in [6.07, 6.45) is 0. The van der Waals surface area contributed by atoms with E-state index in [9.17, 15) is 19.8 Å². The molecule has 1 fully saturated rings. The minimum atomic E-state index is -1.63. The summed E-state index contributed by atoms with van der Waals surface area (Å²) in [4.78, 5) is 28.5. The number of carbonyl (C=O) groups is 2. The second-order valence-electron chi connectivity index (χ2n) is 5.34. The first kappa shape index (κ1) is 15.2. The van der Waals surface area contributed by atoms with Gasteiger partial charge < -0.3 is 29.4 Å². The molecule has 2 aromatic rings. The molecule has 0 atom stereocenters. The number of morpholine rings is 1. The lowest BCUT2D eigenvalue weighted by molar-refractivity contribution is -0.260. The van der Waals surface area contributed by atoms with E-state index in [0.29, 0.717) is 29.7 Å². The lowest BCUT2D eigenvalue weighted by Crippen LogP contribution is -2.36. The highest BCUT2D eigenvalue weighted by molar-refractivity contribution is 6.04. The fourth-order valence-electron chi connectivity index (χ4n) is 2.83. The number of aromatic nitrogens is 1. The molecule has 120 valence electrons. The van der Waals surface area contributed by atoms with E-state index < -0.39 is 23.2 Å². The Labute approximate surface area is 132 Å². The maximum Gasteiger partial charge on any atom is 0.0957 e. The van der Waals surface area contributed by atoms with Crippen molar-refractivity contribution in [1.82, 2.24) is 4.98 Å². The molecule has 1 aromatic heterocycles. The van der Waals surface area contributed by atoms with E-state index in [1.54, 1.807) is 13.0 Å². The highest BCUT2D eigenvalue weighted by atomic mass is 16.5. The predicted molar refractivity (Wildman–Crippen MR) is 78.2 cm³/mol. The maximum atomic E-state index is 11.3. The molecule has 0 spiro atoms. The van der Waals surface area contributed by atoms with E-state index in [-0.39, 0.29) is 0 Å². The SMILES string of the molecule is Cc1c(C(=O)[O-])c(C(=O)[O-])nc2ccc(N3CCOCC3)cc12. The highest BCUT2D eigenvalue weighted by Crippen LogP contribution is 2.27. The number of anilines is 1. The zero-order chi connectivity index (χ0) is 16.6. The Kier molecular flexibility index (Phi) is 3.87. The van der Waals surface area contributed by atoms with E-state index in [2.05, 4.69) is 9.88 Å². The molecular formula is C16H14N2O5-2. The smallest absolute Gasteiger partial charge is 0.0957 e. The molecular weight excluding hydrogens is 300 g/mol. The van der Waals surface area contributed by atoms with Crippen molar-refractivity contribution in [2.45, 2.75) is 6.92 Å². The summed E-state index contributed by atoms with van der Waals surface area (Å²) in [5.41, 5.74) is 0.593. The van der Waals surface area contributed by atoms with Crippen molar-refractivity contribution < 1.29 is 24.5 Å². The Morgan fingerprint density at radius 2 is 1.87 bits per heavy atom. The molecule has 7 heteroatoms. The van der Waals surface area contributed by atoms with Crippen LogP contribution in [0.25, 0.3) is 10.9 Å². The summed E-state index contributed by atoms with van der Waals surface area (Å²) in [7, 11) is 0. The van der Waals surface area contributed by atoms with E-state index in [0.717, 1.165) is 18.8 Å².